The number of hydrogen-bond acceptors (Lipinski definition) is 6. The largest absolute Gasteiger partial charge is 0.490 e. The average molecular weight is 620 g/mol. The van der Waals surface area contributed by atoms with Crippen molar-refractivity contribution in [2.24, 2.45) is 11.7 Å². The molecule has 1 rings (SSSR count). The molecule has 38 heavy (non-hydrogen) atoms. The summed E-state index contributed by atoms with van der Waals surface area (Å²) in [6.07, 6.45) is -8.60. The van der Waals surface area contributed by atoms with E-state index in [1.54, 1.807) is 12.1 Å². The Kier molecular flexibility index (Phi) is 18.5. The summed E-state index contributed by atoms with van der Waals surface area (Å²) in [6.45, 7) is 5.21. The standard InChI is InChI=1S/C17H27Cl2N3OS.2C2HF3O2/c1-3-11(2)16(22-9-14(20)10-24)17(23)21-7-6-12-4-5-13(18)8-15(12)19;2*3-2(4,5)1(6)7/h4-5,8,11,14,16,22,24H,3,6-7,9-10,20H2,1-2H3,(H,21,23);2*(H,6,7)/t11-,14+,16-;;/m0../s1. The molecule has 0 radical (unpaired) electrons. The topological polar surface area (TPSA) is 142 Å². The lowest BCUT2D eigenvalue weighted by molar-refractivity contribution is -0.193. The van der Waals surface area contributed by atoms with Crippen LogP contribution in [0.2, 0.25) is 10.0 Å². The zero-order chi connectivity index (χ0) is 30.3. The first-order valence-electron chi connectivity index (χ1n) is 10.7. The van der Waals surface area contributed by atoms with E-state index in [1.165, 1.54) is 0 Å². The maximum Gasteiger partial charge on any atom is 0.490 e. The highest BCUT2D eigenvalue weighted by Gasteiger charge is 2.38. The Morgan fingerprint density at radius 1 is 1.05 bits per heavy atom. The molecule has 0 unspecified atom stereocenters. The summed E-state index contributed by atoms with van der Waals surface area (Å²) in [7, 11) is 0. The molecule has 0 saturated carbocycles. The van der Waals surface area contributed by atoms with Crippen LogP contribution in [-0.2, 0) is 20.8 Å². The van der Waals surface area contributed by atoms with E-state index < -0.39 is 24.3 Å². The highest BCUT2D eigenvalue weighted by atomic mass is 35.5. The van der Waals surface area contributed by atoms with Gasteiger partial charge in [-0.15, -0.1) is 0 Å². The third kappa shape index (κ3) is 17.5. The monoisotopic (exact) mass is 619 g/mol. The zero-order valence-corrected chi connectivity index (χ0v) is 22.6. The third-order valence-corrected chi connectivity index (χ3v) is 5.58. The minimum Gasteiger partial charge on any atom is -0.475 e. The van der Waals surface area contributed by atoms with Crippen LogP contribution in [0.4, 0.5) is 26.3 Å². The third-order valence-electron chi connectivity index (χ3n) is 4.52. The predicted octanol–water partition coefficient (Wildman–Crippen LogP) is 4.18. The Morgan fingerprint density at radius 3 is 1.89 bits per heavy atom. The summed E-state index contributed by atoms with van der Waals surface area (Å²) >= 11 is 16.2. The van der Waals surface area contributed by atoms with Crippen LogP contribution >= 0.6 is 35.8 Å². The van der Waals surface area contributed by atoms with Crippen LogP contribution in [0, 0.1) is 5.92 Å². The summed E-state index contributed by atoms with van der Waals surface area (Å²) in [5, 5.41) is 21.7. The highest BCUT2D eigenvalue weighted by molar-refractivity contribution is 7.80. The molecule has 0 spiro atoms. The summed E-state index contributed by atoms with van der Waals surface area (Å²) < 4.78 is 63.5. The van der Waals surface area contributed by atoms with Crippen molar-refractivity contribution in [1.82, 2.24) is 10.6 Å². The second kappa shape index (κ2) is 18.4. The second-order valence-electron chi connectivity index (χ2n) is 7.60. The van der Waals surface area contributed by atoms with Crippen molar-refractivity contribution in [3.63, 3.8) is 0 Å². The van der Waals surface area contributed by atoms with Gasteiger partial charge in [0.15, 0.2) is 0 Å². The number of aliphatic carboxylic acids is 2. The van der Waals surface area contributed by atoms with Gasteiger partial charge in [-0.25, -0.2) is 9.59 Å². The van der Waals surface area contributed by atoms with Gasteiger partial charge in [0.2, 0.25) is 5.91 Å². The lowest BCUT2D eigenvalue weighted by Crippen LogP contribution is -2.51. The molecule has 0 heterocycles. The fraction of sp³-hybridized carbons (Fsp3) is 0.571. The second-order valence-corrected chi connectivity index (χ2v) is 8.81. The molecule has 1 amide bonds. The Hall–Kier alpha value is -1.94. The highest BCUT2D eigenvalue weighted by Crippen LogP contribution is 2.21. The van der Waals surface area contributed by atoms with Crippen LogP contribution in [0.5, 0.6) is 0 Å². The number of carbonyl (C=O) groups is 3. The fourth-order valence-electron chi connectivity index (χ4n) is 2.29. The van der Waals surface area contributed by atoms with Gasteiger partial charge >= 0.3 is 24.3 Å². The molecule has 17 heteroatoms. The fourth-order valence-corrected chi connectivity index (χ4v) is 2.92. The molecule has 0 aliphatic carbocycles. The van der Waals surface area contributed by atoms with Gasteiger partial charge in [0.05, 0.1) is 6.04 Å². The normalized spacial score (nSPS) is 13.6. The van der Waals surface area contributed by atoms with Gasteiger partial charge in [-0.2, -0.15) is 39.0 Å². The van der Waals surface area contributed by atoms with Gasteiger partial charge in [0, 0.05) is 34.9 Å². The molecule has 0 fully saturated rings. The number of carboxylic acid groups (broad SMARTS) is 2. The SMILES string of the molecule is CC[C@H](C)[C@H](NC[C@@H](N)CS)C(=O)NCCc1ccc(Cl)cc1Cl.O=C(O)C(F)(F)F.O=C(O)C(F)(F)F. The molecule has 220 valence electrons. The van der Waals surface area contributed by atoms with Crippen molar-refractivity contribution >= 4 is 53.7 Å². The number of amides is 1. The quantitative estimate of drug-likeness (QED) is 0.170. The van der Waals surface area contributed by atoms with E-state index in [0.29, 0.717) is 35.3 Å². The predicted molar refractivity (Wildman–Crippen MR) is 134 cm³/mol. The maximum atomic E-state index is 12.5. The van der Waals surface area contributed by atoms with Crippen LogP contribution in [0.25, 0.3) is 0 Å². The molecule has 0 aliphatic heterocycles. The van der Waals surface area contributed by atoms with E-state index in [-0.39, 0.29) is 23.9 Å². The Labute approximate surface area is 230 Å². The number of thiol groups is 1. The van der Waals surface area contributed by atoms with Gasteiger partial charge in [-0.1, -0.05) is 49.5 Å². The molecule has 3 atom stereocenters. The van der Waals surface area contributed by atoms with Gasteiger partial charge in [-0.05, 0) is 30.0 Å². The van der Waals surface area contributed by atoms with Crippen molar-refractivity contribution in [1.29, 1.82) is 0 Å². The summed E-state index contributed by atoms with van der Waals surface area (Å²) in [5.74, 6) is -4.73. The zero-order valence-electron chi connectivity index (χ0n) is 20.2. The number of nitrogens with two attached hydrogens (primary N) is 1. The van der Waals surface area contributed by atoms with Crippen LogP contribution < -0.4 is 16.4 Å². The number of benzene rings is 1. The summed E-state index contributed by atoms with van der Waals surface area (Å²) in [6, 6.07) is 5.06. The van der Waals surface area contributed by atoms with E-state index >= 15 is 0 Å². The van der Waals surface area contributed by atoms with Crippen LogP contribution in [-0.4, -0.2) is 71.3 Å². The Bertz CT molecular complexity index is 870. The number of carbonyl (C=O) groups excluding carboxylic acids is 1. The molecular weight excluding hydrogens is 591 g/mol. The van der Waals surface area contributed by atoms with Gasteiger partial charge in [0.1, 0.15) is 0 Å². The lowest BCUT2D eigenvalue weighted by atomic mass is 9.98. The molecule has 0 saturated heterocycles. The van der Waals surface area contributed by atoms with E-state index in [0.717, 1.165) is 12.0 Å². The molecule has 0 aromatic heterocycles. The molecular formula is C21H29Cl2F6N3O5S. The first-order valence-corrected chi connectivity index (χ1v) is 12.1. The molecule has 6 N–H and O–H groups in total. The van der Waals surface area contributed by atoms with Crippen molar-refractivity contribution in [2.75, 3.05) is 18.8 Å². The average Bonchev–Trinajstić information content (AvgIpc) is 2.79. The molecule has 1 aromatic carbocycles. The Morgan fingerprint density at radius 2 is 1.53 bits per heavy atom. The van der Waals surface area contributed by atoms with Crippen molar-refractivity contribution in [3.8, 4) is 0 Å². The summed E-state index contributed by atoms with van der Waals surface area (Å²) in [5.41, 5.74) is 6.84. The first kappa shape index (κ1) is 38.2. The molecule has 0 aliphatic rings. The van der Waals surface area contributed by atoms with Crippen LogP contribution in [0.1, 0.15) is 25.8 Å². The lowest BCUT2D eigenvalue weighted by Gasteiger charge is -2.25. The van der Waals surface area contributed by atoms with Gasteiger partial charge < -0.3 is 26.6 Å². The van der Waals surface area contributed by atoms with Crippen molar-refractivity contribution in [2.45, 2.75) is 51.1 Å². The smallest absolute Gasteiger partial charge is 0.475 e. The number of hydrogen-bond donors (Lipinski definition) is 6. The maximum absolute atomic E-state index is 12.5. The van der Waals surface area contributed by atoms with Gasteiger partial charge in [0.25, 0.3) is 0 Å². The molecule has 0 bridgehead atoms. The minimum absolute atomic E-state index is 0.0131. The number of alkyl halides is 6. The minimum atomic E-state index is -5.08. The van der Waals surface area contributed by atoms with E-state index in [1.807, 2.05) is 6.07 Å². The van der Waals surface area contributed by atoms with E-state index in [4.69, 9.17) is 48.7 Å². The number of halogens is 8. The van der Waals surface area contributed by atoms with Gasteiger partial charge in [-0.3, -0.25) is 4.79 Å². The summed E-state index contributed by atoms with van der Waals surface area (Å²) in [4.78, 5) is 30.3. The van der Waals surface area contributed by atoms with E-state index in [2.05, 4.69) is 37.1 Å². The number of carboxylic acids is 2. The Balaban J connectivity index is 0. The molecule has 8 nitrogen and oxygen atoms in total. The molecule has 1 aromatic rings. The van der Waals surface area contributed by atoms with E-state index in [9.17, 15) is 31.1 Å². The number of nitrogens with one attached hydrogen (secondary N) is 2. The van der Waals surface area contributed by atoms with Crippen molar-refractivity contribution < 1.29 is 50.9 Å². The van der Waals surface area contributed by atoms with Crippen LogP contribution in [0.15, 0.2) is 18.2 Å². The number of rotatable bonds is 10. The van der Waals surface area contributed by atoms with Crippen molar-refractivity contribution in [3.05, 3.63) is 33.8 Å². The first-order chi connectivity index (χ1) is 17.3. The van der Waals surface area contributed by atoms with Crippen LogP contribution in [0.3, 0.4) is 0 Å².